The molecule has 2 heteroatoms. The highest BCUT2D eigenvalue weighted by molar-refractivity contribution is 5.32. The number of hydrogen-bond acceptors (Lipinski definition) is 2. The lowest BCUT2D eigenvalue weighted by molar-refractivity contribution is 0.419. The molecule has 1 atom stereocenters. The Balaban J connectivity index is 1.83. The first kappa shape index (κ1) is 13.4. The van der Waals surface area contributed by atoms with Gasteiger partial charge in [0.25, 0.3) is 0 Å². The monoisotopic (exact) mass is 269 g/mol. The van der Waals surface area contributed by atoms with Gasteiger partial charge in [0.2, 0.25) is 0 Å². The van der Waals surface area contributed by atoms with Gasteiger partial charge in [0.15, 0.2) is 0 Å². The first-order chi connectivity index (χ1) is 9.78. The predicted molar refractivity (Wildman–Crippen MR) is 82.0 cm³/mol. The summed E-state index contributed by atoms with van der Waals surface area (Å²) < 4.78 is 5.80. The third-order valence-corrected chi connectivity index (χ3v) is 4.30. The fourth-order valence-electron chi connectivity index (χ4n) is 2.90. The standard InChI is InChI=1S/C18H23NO/c1-3-19-18(17-12-7-13(2)20-17)16-10-8-15(9-11-16)14-5-4-6-14/h7-12,14,18-19H,3-6H2,1-2H3. The van der Waals surface area contributed by atoms with Crippen LogP contribution < -0.4 is 5.32 Å². The van der Waals surface area contributed by atoms with Crippen LogP contribution in [0.1, 0.15) is 60.8 Å². The van der Waals surface area contributed by atoms with E-state index >= 15 is 0 Å². The van der Waals surface area contributed by atoms with Crippen molar-refractivity contribution in [3.63, 3.8) is 0 Å². The Morgan fingerprint density at radius 1 is 1.15 bits per heavy atom. The summed E-state index contributed by atoms with van der Waals surface area (Å²) in [7, 11) is 0. The van der Waals surface area contributed by atoms with E-state index < -0.39 is 0 Å². The molecule has 1 saturated carbocycles. The van der Waals surface area contributed by atoms with Crippen molar-refractivity contribution >= 4 is 0 Å². The molecule has 1 heterocycles. The molecular formula is C18H23NO. The summed E-state index contributed by atoms with van der Waals surface area (Å²) in [5.74, 6) is 2.77. The van der Waals surface area contributed by atoms with E-state index in [9.17, 15) is 0 Å². The van der Waals surface area contributed by atoms with Crippen molar-refractivity contribution < 1.29 is 4.42 Å². The molecule has 0 spiro atoms. The third-order valence-electron chi connectivity index (χ3n) is 4.30. The Hall–Kier alpha value is -1.54. The van der Waals surface area contributed by atoms with Gasteiger partial charge in [-0.05, 0) is 55.5 Å². The van der Waals surface area contributed by atoms with Crippen molar-refractivity contribution in [1.82, 2.24) is 5.32 Å². The molecule has 0 saturated heterocycles. The second kappa shape index (κ2) is 5.84. The van der Waals surface area contributed by atoms with Crippen molar-refractivity contribution in [3.8, 4) is 0 Å². The highest BCUT2D eigenvalue weighted by Gasteiger charge is 2.21. The fourth-order valence-corrected chi connectivity index (χ4v) is 2.90. The molecule has 1 N–H and O–H groups in total. The Morgan fingerprint density at radius 2 is 1.90 bits per heavy atom. The topological polar surface area (TPSA) is 25.2 Å². The Bertz CT molecular complexity index is 551. The molecule has 1 aromatic heterocycles. The quantitative estimate of drug-likeness (QED) is 0.861. The summed E-state index contributed by atoms with van der Waals surface area (Å²) in [6, 6.07) is 13.3. The minimum absolute atomic E-state index is 0.157. The molecule has 1 aromatic carbocycles. The Labute approximate surface area is 121 Å². The summed E-state index contributed by atoms with van der Waals surface area (Å²) in [6.07, 6.45) is 4.10. The van der Waals surface area contributed by atoms with Gasteiger partial charge in [0, 0.05) is 0 Å². The molecule has 0 radical (unpaired) electrons. The largest absolute Gasteiger partial charge is 0.464 e. The second-order valence-electron chi connectivity index (χ2n) is 5.73. The average Bonchev–Trinajstić information content (AvgIpc) is 2.82. The van der Waals surface area contributed by atoms with E-state index in [1.54, 1.807) is 0 Å². The lowest BCUT2D eigenvalue weighted by Crippen LogP contribution is -2.21. The molecule has 0 aliphatic heterocycles. The van der Waals surface area contributed by atoms with Crippen LogP contribution in [-0.4, -0.2) is 6.54 Å². The number of benzene rings is 1. The van der Waals surface area contributed by atoms with Gasteiger partial charge < -0.3 is 9.73 Å². The van der Waals surface area contributed by atoms with Crippen molar-refractivity contribution in [2.75, 3.05) is 6.54 Å². The Morgan fingerprint density at radius 3 is 2.40 bits per heavy atom. The zero-order chi connectivity index (χ0) is 13.9. The lowest BCUT2D eigenvalue weighted by Gasteiger charge is -2.26. The normalized spacial score (nSPS) is 16.9. The van der Waals surface area contributed by atoms with Crippen molar-refractivity contribution in [3.05, 3.63) is 59.0 Å². The van der Waals surface area contributed by atoms with Crippen LogP contribution in [0.5, 0.6) is 0 Å². The summed E-state index contributed by atoms with van der Waals surface area (Å²) in [4.78, 5) is 0. The van der Waals surface area contributed by atoms with Crippen LogP contribution in [0.3, 0.4) is 0 Å². The van der Waals surface area contributed by atoms with Gasteiger partial charge >= 0.3 is 0 Å². The SMILES string of the molecule is CCNC(c1ccc(C2CCC2)cc1)c1ccc(C)o1. The van der Waals surface area contributed by atoms with Gasteiger partial charge in [-0.2, -0.15) is 0 Å². The molecule has 2 aromatic rings. The van der Waals surface area contributed by atoms with Gasteiger partial charge in [-0.3, -0.25) is 0 Å². The molecule has 0 amide bonds. The summed E-state index contributed by atoms with van der Waals surface area (Å²) >= 11 is 0. The van der Waals surface area contributed by atoms with Crippen LogP contribution in [0.2, 0.25) is 0 Å². The number of hydrogen-bond donors (Lipinski definition) is 1. The number of nitrogens with one attached hydrogen (secondary N) is 1. The highest BCUT2D eigenvalue weighted by Crippen LogP contribution is 2.36. The molecule has 1 fully saturated rings. The first-order valence-electron chi connectivity index (χ1n) is 7.67. The van der Waals surface area contributed by atoms with Crippen molar-refractivity contribution in [1.29, 1.82) is 0 Å². The minimum atomic E-state index is 0.157. The van der Waals surface area contributed by atoms with Crippen LogP contribution in [0, 0.1) is 6.92 Å². The van der Waals surface area contributed by atoms with Gasteiger partial charge in [-0.15, -0.1) is 0 Å². The lowest BCUT2D eigenvalue weighted by atomic mass is 9.80. The molecule has 106 valence electrons. The highest BCUT2D eigenvalue weighted by atomic mass is 16.3. The number of furan rings is 1. The van der Waals surface area contributed by atoms with Crippen LogP contribution in [0.25, 0.3) is 0 Å². The number of aryl methyl sites for hydroxylation is 1. The molecular weight excluding hydrogens is 246 g/mol. The smallest absolute Gasteiger partial charge is 0.125 e. The maximum atomic E-state index is 5.80. The van der Waals surface area contributed by atoms with E-state index in [0.29, 0.717) is 0 Å². The zero-order valence-corrected chi connectivity index (χ0v) is 12.4. The van der Waals surface area contributed by atoms with E-state index in [1.165, 1.54) is 30.4 Å². The van der Waals surface area contributed by atoms with Crippen LogP contribution in [0.15, 0.2) is 40.8 Å². The number of rotatable bonds is 5. The fraction of sp³-hybridized carbons (Fsp3) is 0.444. The molecule has 0 bridgehead atoms. The van der Waals surface area contributed by atoms with Crippen LogP contribution in [0.4, 0.5) is 0 Å². The van der Waals surface area contributed by atoms with E-state index in [1.807, 2.05) is 13.0 Å². The maximum absolute atomic E-state index is 5.80. The third kappa shape index (κ3) is 2.66. The van der Waals surface area contributed by atoms with E-state index in [2.05, 4.69) is 42.6 Å². The maximum Gasteiger partial charge on any atom is 0.125 e. The molecule has 1 aliphatic carbocycles. The van der Waals surface area contributed by atoms with Gasteiger partial charge in [0.1, 0.15) is 11.5 Å². The minimum Gasteiger partial charge on any atom is -0.464 e. The average molecular weight is 269 g/mol. The molecule has 2 nitrogen and oxygen atoms in total. The van der Waals surface area contributed by atoms with Crippen LogP contribution >= 0.6 is 0 Å². The Kier molecular flexibility index (Phi) is 3.93. The second-order valence-corrected chi connectivity index (χ2v) is 5.73. The summed E-state index contributed by atoms with van der Waals surface area (Å²) in [5, 5.41) is 3.51. The molecule has 1 unspecified atom stereocenters. The van der Waals surface area contributed by atoms with E-state index in [-0.39, 0.29) is 6.04 Å². The van der Waals surface area contributed by atoms with Gasteiger partial charge in [0.05, 0.1) is 6.04 Å². The van der Waals surface area contributed by atoms with E-state index in [4.69, 9.17) is 4.42 Å². The summed E-state index contributed by atoms with van der Waals surface area (Å²) in [6.45, 7) is 5.05. The first-order valence-corrected chi connectivity index (χ1v) is 7.67. The van der Waals surface area contributed by atoms with Crippen molar-refractivity contribution in [2.24, 2.45) is 0 Å². The van der Waals surface area contributed by atoms with Gasteiger partial charge in [-0.1, -0.05) is 37.6 Å². The van der Waals surface area contributed by atoms with E-state index in [0.717, 1.165) is 24.0 Å². The van der Waals surface area contributed by atoms with Gasteiger partial charge in [-0.25, -0.2) is 0 Å². The summed E-state index contributed by atoms with van der Waals surface area (Å²) in [5.41, 5.74) is 2.77. The molecule has 20 heavy (non-hydrogen) atoms. The predicted octanol–water partition coefficient (Wildman–Crippen LogP) is 4.55. The van der Waals surface area contributed by atoms with Crippen molar-refractivity contribution in [2.45, 2.75) is 45.1 Å². The zero-order valence-electron chi connectivity index (χ0n) is 12.4. The van der Waals surface area contributed by atoms with Crippen LogP contribution in [-0.2, 0) is 0 Å². The molecule has 3 rings (SSSR count). The molecule has 1 aliphatic rings.